The summed E-state index contributed by atoms with van der Waals surface area (Å²) in [7, 11) is -1.74. The molecular formula is C24H19ClSi. The van der Waals surface area contributed by atoms with Gasteiger partial charge in [-0.15, -0.1) is 0 Å². The van der Waals surface area contributed by atoms with E-state index in [9.17, 15) is 0 Å². The van der Waals surface area contributed by atoms with Crippen molar-refractivity contribution in [2.75, 3.05) is 0 Å². The van der Waals surface area contributed by atoms with Gasteiger partial charge in [0.05, 0.1) is 0 Å². The Kier molecular flexibility index (Phi) is 2.88. The Labute approximate surface area is 159 Å². The predicted molar refractivity (Wildman–Crippen MR) is 112 cm³/mol. The summed E-state index contributed by atoms with van der Waals surface area (Å²) in [4.78, 5) is 0. The lowest BCUT2D eigenvalue weighted by atomic mass is 9.85. The van der Waals surface area contributed by atoms with E-state index >= 15 is 0 Å². The van der Waals surface area contributed by atoms with Crippen molar-refractivity contribution in [3.05, 3.63) is 99.7 Å². The summed E-state index contributed by atoms with van der Waals surface area (Å²) >= 11 is 7.07. The van der Waals surface area contributed by atoms with Gasteiger partial charge in [0, 0.05) is 5.92 Å². The van der Waals surface area contributed by atoms with E-state index in [1.807, 2.05) is 0 Å². The molecule has 1 atom stereocenters. The second kappa shape index (κ2) is 5.00. The molecule has 26 heavy (non-hydrogen) atoms. The molecule has 6 rings (SSSR count). The number of rotatable bonds is 2. The maximum Gasteiger partial charge on any atom is 0.213 e. The standard InChI is InChI=1S/C24H19ClSi/c1-2-26(25)21-14-15-8-7-13-20(22(15)24(21)26)23-18-11-5-3-9-16(18)17-10-4-6-12-19(17)23/h3-13,23H,2,14H2,1H3. The van der Waals surface area contributed by atoms with Gasteiger partial charge in [-0.05, 0) is 56.6 Å². The maximum atomic E-state index is 7.07. The molecule has 0 amide bonds. The summed E-state index contributed by atoms with van der Waals surface area (Å²) < 4.78 is 0. The first kappa shape index (κ1) is 15.0. The van der Waals surface area contributed by atoms with Crippen molar-refractivity contribution < 1.29 is 0 Å². The van der Waals surface area contributed by atoms with Crippen LogP contribution >= 0.6 is 11.1 Å². The van der Waals surface area contributed by atoms with E-state index in [4.69, 9.17) is 11.1 Å². The molecule has 3 aromatic rings. The smallest absolute Gasteiger partial charge is 0.155 e. The third-order valence-electron chi connectivity index (χ3n) is 6.55. The number of hydrogen-bond donors (Lipinski definition) is 0. The van der Waals surface area contributed by atoms with Gasteiger partial charge >= 0.3 is 0 Å². The molecule has 126 valence electrons. The third kappa shape index (κ3) is 1.71. The lowest BCUT2D eigenvalue weighted by molar-refractivity contribution is 1.00. The quantitative estimate of drug-likeness (QED) is 0.281. The Hall–Kier alpha value is -2.09. The van der Waals surface area contributed by atoms with Gasteiger partial charge in [0.1, 0.15) is 0 Å². The van der Waals surface area contributed by atoms with Gasteiger partial charge in [0.2, 0.25) is 7.38 Å². The van der Waals surface area contributed by atoms with Crippen molar-refractivity contribution in [2.45, 2.75) is 25.3 Å². The molecule has 0 saturated heterocycles. The van der Waals surface area contributed by atoms with Gasteiger partial charge in [0.15, 0.2) is 0 Å². The first-order valence-electron chi connectivity index (χ1n) is 9.47. The van der Waals surface area contributed by atoms with Crippen molar-refractivity contribution in [1.29, 1.82) is 0 Å². The highest BCUT2D eigenvalue weighted by Gasteiger charge is 2.58. The summed E-state index contributed by atoms with van der Waals surface area (Å²) in [6.07, 6.45) is 1.10. The second-order valence-corrected chi connectivity index (χ2v) is 13.0. The van der Waals surface area contributed by atoms with Crippen LogP contribution in [0.1, 0.15) is 40.7 Å². The molecule has 1 unspecified atom stereocenters. The fraction of sp³-hybridized carbons (Fsp3) is 0.167. The van der Waals surface area contributed by atoms with E-state index < -0.39 is 7.38 Å². The van der Waals surface area contributed by atoms with E-state index in [-0.39, 0.29) is 0 Å². The Morgan fingerprint density at radius 1 is 0.846 bits per heavy atom. The van der Waals surface area contributed by atoms with Crippen LogP contribution in [0.4, 0.5) is 0 Å². The maximum absolute atomic E-state index is 7.07. The molecule has 0 saturated carbocycles. The molecule has 2 heteroatoms. The molecule has 0 nitrogen and oxygen atoms in total. The number of fused-ring (bicyclic) bond motifs is 5. The largest absolute Gasteiger partial charge is 0.213 e. The Morgan fingerprint density at radius 3 is 2.12 bits per heavy atom. The van der Waals surface area contributed by atoms with Crippen LogP contribution in [0.5, 0.6) is 0 Å². The monoisotopic (exact) mass is 370 g/mol. The molecule has 2 aliphatic carbocycles. The minimum absolute atomic E-state index is 0.330. The van der Waals surface area contributed by atoms with Crippen molar-refractivity contribution in [2.24, 2.45) is 0 Å². The van der Waals surface area contributed by atoms with E-state index in [2.05, 4.69) is 73.7 Å². The SMILES string of the molecule is CC[Si]1(Cl)C2=C1c1c(cccc1C1c3ccccc3-c3ccccc31)C2. The van der Waals surface area contributed by atoms with Crippen LogP contribution in [-0.2, 0) is 6.42 Å². The second-order valence-electron chi connectivity index (χ2n) is 7.67. The van der Waals surface area contributed by atoms with Crippen LogP contribution in [0.15, 0.2) is 71.9 Å². The molecule has 1 heterocycles. The number of benzene rings is 3. The van der Waals surface area contributed by atoms with Gasteiger partial charge in [-0.1, -0.05) is 78.9 Å². The molecule has 0 radical (unpaired) electrons. The molecule has 3 aromatic carbocycles. The average Bonchev–Trinajstić information content (AvgIpc) is 3.01. The zero-order valence-corrected chi connectivity index (χ0v) is 16.5. The summed E-state index contributed by atoms with van der Waals surface area (Å²) in [6.45, 7) is 2.26. The molecule has 0 N–H and O–H groups in total. The first-order valence-corrected chi connectivity index (χ1v) is 12.7. The molecule has 3 aliphatic rings. The highest BCUT2D eigenvalue weighted by molar-refractivity contribution is 7.42. The van der Waals surface area contributed by atoms with Gasteiger partial charge in [-0.3, -0.25) is 0 Å². The minimum Gasteiger partial charge on any atom is -0.155 e. The summed E-state index contributed by atoms with van der Waals surface area (Å²) in [5, 5.41) is 3.16. The Morgan fingerprint density at radius 2 is 1.46 bits per heavy atom. The van der Waals surface area contributed by atoms with Gasteiger partial charge < -0.3 is 0 Å². The van der Waals surface area contributed by atoms with Gasteiger partial charge in [-0.2, -0.15) is 11.1 Å². The minimum atomic E-state index is -1.74. The fourth-order valence-electron chi connectivity index (χ4n) is 5.31. The third-order valence-corrected chi connectivity index (χ3v) is 12.1. The summed E-state index contributed by atoms with van der Waals surface area (Å²) in [5.41, 5.74) is 10.1. The molecule has 0 spiro atoms. The lowest BCUT2D eigenvalue weighted by Gasteiger charge is -2.22. The van der Waals surface area contributed by atoms with Crippen molar-refractivity contribution in [3.63, 3.8) is 0 Å². The first-order chi connectivity index (χ1) is 12.7. The Balaban J connectivity index is 1.61. The highest BCUT2D eigenvalue weighted by atomic mass is 35.6. The van der Waals surface area contributed by atoms with Crippen LogP contribution < -0.4 is 0 Å². The number of hydrogen-bond acceptors (Lipinski definition) is 0. The van der Waals surface area contributed by atoms with E-state index in [1.54, 1.807) is 10.4 Å². The summed E-state index contributed by atoms with van der Waals surface area (Å²) in [6, 6.07) is 25.8. The number of halogens is 1. The van der Waals surface area contributed by atoms with E-state index in [0.29, 0.717) is 5.92 Å². The molecule has 0 fully saturated rings. The molecule has 1 aliphatic heterocycles. The molecular weight excluding hydrogens is 352 g/mol. The van der Waals surface area contributed by atoms with Crippen LogP contribution in [-0.4, -0.2) is 7.38 Å². The van der Waals surface area contributed by atoms with Crippen LogP contribution in [0.3, 0.4) is 0 Å². The average molecular weight is 371 g/mol. The van der Waals surface area contributed by atoms with Gasteiger partial charge in [-0.25, -0.2) is 0 Å². The van der Waals surface area contributed by atoms with Crippen LogP contribution in [0.25, 0.3) is 16.3 Å². The normalized spacial score (nSPS) is 22.1. The molecule has 0 bridgehead atoms. The van der Waals surface area contributed by atoms with Crippen molar-refractivity contribution >= 4 is 23.7 Å². The molecule has 0 aromatic heterocycles. The lowest BCUT2D eigenvalue weighted by Crippen LogP contribution is -2.18. The zero-order chi connectivity index (χ0) is 17.5. The van der Waals surface area contributed by atoms with Crippen LogP contribution in [0.2, 0.25) is 6.04 Å². The highest BCUT2D eigenvalue weighted by Crippen LogP contribution is 2.62. The Bertz CT molecular complexity index is 1080. The van der Waals surface area contributed by atoms with Crippen LogP contribution in [0, 0.1) is 0 Å². The zero-order valence-electron chi connectivity index (χ0n) is 14.7. The fourth-order valence-corrected chi connectivity index (χ4v) is 9.84. The topological polar surface area (TPSA) is 0 Å². The predicted octanol–water partition coefficient (Wildman–Crippen LogP) is 6.45. The number of allylic oxidation sites excluding steroid dienone is 1. The van der Waals surface area contributed by atoms with E-state index in [1.165, 1.54) is 38.9 Å². The van der Waals surface area contributed by atoms with Gasteiger partial charge in [0.25, 0.3) is 0 Å². The van der Waals surface area contributed by atoms with Crippen molar-refractivity contribution in [1.82, 2.24) is 0 Å². The van der Waals surface area contributed by atoms with E-state index in [0.717, 1.165) is 12.5 Å². The van der Waals surface area contributed by atoms with Crippen molar-refractivity contribution in [3.8, 4) is 11.1 Å². The summed E-state index contributed by atoms with van der Waals surface area (Å²) in [5.74, 6) is 0.330.